The van der Waals surface area contributed by atoms with E-state index in [9.17, 15) is 4.79 Å². The summed E-state index contributed by atoms with van der Waals surface area (Å²) in [6.45, 7) is 1.91. The second kappa shape index (κ2) is 5.72. The molecule has 1 aliphatic carbocycles. The summed E-state index contributed by atoms with van der Waals surface area (Å²) < 4.78 is 1.80. The largest absolute Gasteiger partial charge is 0.399 e. The maximum atomic E-state index is 12.0. The van der Waals surface area contributed by atoms with Gasteiger partial charge in [-0.2, -0.15) is 0 Å². The quantitative estimate of drug-likeness (QED) is 0.643. The zero-order valence-electron chi connectivity index (χ0n) is 11.6. The number of thioether (sulfide) groups is 1. The normalized spacial score (nSPS) is 14.1. The summed E-state index contributed by atoms with van der Waals surface area (Å²) in [6.07, 6.45) is 2.21. The highest BCUT2D eigenvalue weighted by Gasteiger charge is 2.28. The Morgan fingerprint density at radius 3 is 3.05 bits per heavy atom. The molecule has 0 bridgehead atoms. The number of hydrogen-bond donors (Lipinski definition) is 2. The second-order valence-corrected chi connectivity index (χ2v) is 5.99. The molecular weight excluding hydrogens is 288 g/mol. The van der Waals surface area contributed by atoms with Gasteiger partial charge in [-0.1, -0.05) is 11.8 Å². The Balaban J connectivity index is 1.57. The lowest BCUT2D eigenvalue weighted by molar-refractivity contribution is -0.113. The Bertz CT molecular complexity index is 666. The standard InChI is InChI=1S/C13H16N6OS/c1-8-6-9(14)2-5-11(8)15-12(20)7-21-13-16-17-18-19(13)10-3-4-10/h2,5-6,10H,3-4,7,14H2,1H3,(H,15,20). The number of carbonyl (C=O) groups is 1. The van der Waals surface area contributed by atoms with Crippen LogP contribution in [-0.4, -0.2) is 31.9 Å². The molecule has 8 heteroatoms. The van der Waals surface area contributed by atoms with E-state index in [1.54, 1.807) is 10.7 Å². The minimum absolute atomic E-state index is 0.0850. The summed E-state index contributed by atoms with van der Waals surface area (Å²) >= 11 is 1.35. The van der Waals surface area contributed by atoms with Gasteiger partial charge in [0.1, 0.15) is 0 Å². The molecule has 1 amide bonds. The van der Waals surface area contributed by atoms with E-state index in [4.69, 9.17) is 5.73 Å². The fourth-order valence-corrected chi connectivity index (χ4v) is 2.72. The van der Waals surface area contributed by atoms with Crippen molar-refractivity contribution >= 4 is 29.0 Å². The average molecular weight is 304 g/mol. The van der Waals surface area contributed by atoms with Crippen LogP contribution < -0.4 is 11.1 Å². The summed E-state index contributed by atoms with van der Waals surface area (Å²) in [5.74, 6) is 0.190. The molecule has 110 valence electrons. The van der Waals surface area contributed by atoms with E-state index < -0.39 is 0 Å². The van der Waals surface area contributed by atoms with Crippen molar-refractivity contribution in [2.45, 2.75) is 31.0 Å². The number of benzene rings is 1. The maximum absolute atomic E-state index is 12.0. The van der Waals surface area contributed by atoms with Crippen LogP contribution in [0.1, 0.15) is 24.4 Å². The lowest BCUT2D eigenvalue weighted by atomic mass is 10.2. The monoisotopic (exact) mass is 304 g/mol. The van der Waals surface area contributed by atoms with Gasteiger partial charge in [0.15, 0.2) is 0 Å². The molecule has 0 saturated heterocycles. The molecule has 21 heavy (non-hydrogen) atoms. The van der Waals surface area contributed by atoms with Crippen molar-refractivity contribution in [3.8, 4) is 0 Å². The Kier molecular flexibility index (Phi) is 3.78. The fraction of sp³-hybridized carbons (Fsp3) is 0.385. The predicted octanol–water partition coefficient (Wildman–Crippen LogP) is 1.63. The number of amides is 1. The molecule has 2 aromatic rings. The molecule has 1 aromatic heterocycles. The first-order valence-electron chi connectivity index (χ1n) is 6.70. The Morgan fingerprint density at radius 1 is 1.52 bits per heavy atom. The van der Waals surface area contributed by atoms with E-state index in [-0.39, 0.29) is 11.7 Å². The Labute approximate surface area is 126 Å². The number of nitrogens with two attached hydrogens (primary N) is 1. The third-order valence-electron chi connectivity index (χ3n) is 3.21. The molecule has 0 atom stereocenters. The zero-order chi connectivity index (χ0) is 14.8. The number of aromatic nitrogens is 4. The molecule has 1 fully saturated rings. The van der Waals surface area contributed by atoms with Crippen LogP contribution in [0.15, 0.2) is 23.4 Å². The van der Waals surface area contributed by atoms with E-state index >= 15 is 0 Å². The lowest BCUT2D eigenvalue weighted by Gasteiger charge is -2.08. The number of nitrogens with zero attached hydrogens (tertiary/aromatic N) is 4. The van der Waals surface area contributed by atoms with Crippen LogP contribution in [0.2, 0.25) is 0 Å². The number of aryl methyl sites for hydroxylation is 1. The molecular formula is C13H16N6OS. The smallest absolute Gasteiger partial charge is 0.234 e. The predicted molar refractivity (Wildman–Crippen MR) is 81.0 cm³/mol. The number of carbonyl (C=O) groups excluding carboxylic acids is 1. The van der Waals surface area contributed by atoms with Gasteiger partial charge in [0.25, 0.3) is 0 Å². The topological polar surface area (TPSA) is 98.7 Å². The number of nitrogen functional groups attached to an aromatic ring is 1. The molecule has 0 spiro atoms. The molecule has 1 aromatic carbocycles. The minimum atomic E-state index is -0.0850. The molecule has 7 nitrogen and oxygen atoms in total. The molecule has 3 rings (SSSR count). The van der Waals surface area contributed by atoms with E-state index in [1.165, 1.54) is 11.8 Å². The van der Waals surface area contributed by atoms with Gasteiger partial charge in [0.2, 0.25) is 11.1 Å². The maximum Gasteiger partial charge on any atom is 0.234 e. The van der Waals surface area contributed by atoms with Crippen LogP contribution in [0.4, 0.5) is 11.4 Å². The molecule has 1 saturated carbocycles. The average Bonchev–Trinajstić information content (AvgIpc) is 3.18. The van der Waals surface area contributed by atoms with Gasteiger partial charge in [0, 0.05) is 11.4 Å². The molecule has 3 N–H and O–H groups in total. The number of rotatable bonds is 5. The van der Waals surface area contributed by atoms with Crippen LogP contribution in [0, 0.1) is 6.92 Å². The van der Waals surface area contributed by atoms with Crippen molar-refractivity contribution in [1.82, 2.24) is 20.2 Å². The van der Waals surface area contributed by atoms with Crippen molar-refractivity contribution in [3.63, 3.8) is 0 Å². The SMILES string of the molecule is Cc1cc(N)ccc1NC(=O)CSc1nnnn1C1CC1. The molecule has 0 unspecified atom stereocenters. The van der Waals surface area contributed by atoms with Crippen LogP contribution >= 0.6 is 11.8 Å². The molecule has 0 aliphatic heterocycles. The van der Waals surface area contributed by atoms with Gasteiger partial charge in [-0.15, -0.1) is 5.10 Å². The van der Waals surface area contributed by atoms with Gasteiger partial charge in [-0.05, 0) is 54.0 Å². The number of hydrogen-bond acceptors (Lipinski definition) is 6. The second-order valence-electron chi connectivity index (χ2n) is 5.05. The van der Waals surface area contributed by atoms with Crippen LogP contribution in [0.25, 0.3) is 0 Å². The van der Waals surface area contributed by atoms with E-state index in [0.29, 0.717) is 16.9 Å². The summed E-state index contributed by atoms with van der Waals surface area (Å²) in [6, 6.07) is 5.81. The molecule has 1 aliphatic rings. The first-order chi connectivity index (χ1) is 10.1. The third-order valence-corrected chi connectivity index (χ3v) is 4.15. The molecule has 0 radical (unpaired) electrons. The Hall–Kier alpha value is -2.09. The van der Waals surface area contributed by atoms with Crippen molar-refractivity contribution in [2.75, 3.05) is 16.8 Å². The third kappa shape index (κ3) is 3.33. The van der Waals surface area contributed by atoms with Crippen molar-refractivity contribution in [2.24, 2.45) is 0 Å². The van der Waals surface area contributed by atoms with Gasteiger partial charge >= 0.3 is 0 Å². The lowest BCUT2D eigenvalue weighted by Crippen LogP contribution is -2.15. The fourth-order valence-electron chi connectivity index (χ4n) is 1.97. The van der Waals surface area contributed by atoms with Gasteiger partial charge in [-0.25, -0.2) is 4.68 Å². The summed E-state index contributed by atoms with van der Waals surface area (Å²) in [4.78, 5) is 12.0. The molecule has 1 heterocycles. The van der Waals surface area contributed by atoms with Crippen molar-refractivity contribution in [3.05, 3.63) is 23.8 Å². The zero-order valence-corrected chi connectivity index (χ0v) is 12.4. The van der Waals surface area contributed by atoms with Gasteiger partial charge in [0.05, 0.1) is 11.8 Å². The first-order valence-corrected chi connectivity index (χ1v) is 7.68. The summed E-state index contributed by atoms with van der Waals surface area (Å²) in [5.41, 5.74) is 8.09. The first kappa shape index (κ1) is 13.9. The summed E-state index contributed by atoms with van der Waals surface area (Å²) in [5, 5.41) is 15.1. The number of anilines is 2. The number of nitrogens with one attached hydrogen (secondary N) is 1. The summed E-state index contributed by atoms with van der Waals surface area (Å²) in [7, 11) is 0. The van der Waals surface area contributed by atoms with Crippen molar-refractivity contribution < 1.29 is 4.79 Å². The van der Waals surface area contributed by atoms with Crippen molar-refractivity contribution in [1.29, 1.82) is 0 Å². The van der Waals surface area contributed by atoms with Gasteiger partial charge < -0.3 is 11.1 Å². The number of tetrazole rings is 1. The highest BCUT2D eigenvalue weighted by molar-refractivity contribution is 7.99. The van der Waals surface area contributed by atoms with Crippen LogP contribution in [0.5, 0.6) is 0 Å². The van der Waals surface area contributed by atoms with E-state index in [1.807, 2.05) is 19.1 Å². The van der Waals surface area contributed by atoms with Crippen LogP contribution in [-0.2, 0) is 4.79 Å². The highest BCUT2D eigenvalue weighted by atomic mass is 32.2. The Morgan fingerprint density at radius 2 is 2.33 bits per heavy atom. The van der Waals surface area contributed by atoms with Crippen LogP contribution in [0.3, 0.4) is 0 Å². The minimum Gasteiger partial charge on any atom is -0.399 e. The van der Waals surface area contributed by atoms with E-state index in [2.05, 4.69) is 20.8 Å². The van der Waals surface area contributed by atoms with E-state index in [0.717, 1.165) is 24.1 Å². The van der Waals surface area contributed by atoms with Gasteiger partial charge in [-0.3, -0.25) is 4.79 Å². The highest BCUT2D eigenvalue weighted by Crippen LogP contribution is 2.36.